The number of hydrogen-bond acceptors (Lipinski definition) is 3. The number of hydrogen-bond donors (Lipinski definition) is 2. The molecule has 1 rings (SSSR count). The maximum atomic E-state index is 11.0. The molecule has 0 saturated carbocycles. The Labute approximate surface area is 94.7 Å². The zero-order valence-electron chi connectivity index (χ0n) is 9.25. The van der Waals surface area contributed by atoms with Crippen molar-refractivity contribution in [3.05, 3.63) is 22.4 Å². The molecule has 1 aromatic heterocycles. The predicted molar refractivity (Wildman–Crippen MR) is 63.9 cm³/mol. The van der Waals surface area contributed by atoms with E-state index in [1.165, 1.54) is 4.88 Å². The molecule has 0 bridgehead atoms. The summed E-state index contributed by atoms with van der Waals surface area (Å²) in [7, 11) is 0. The van der Waals surface area contributed by atoms with E-state index in [4.69, 9.17) is 5.73 Å². The second kappa shape index (κ2) is 5.28. The summed E-state index contributed by atoms with van der Waals surface area (Å²) in [6.45, 7) is 5.23. The highest BCUT2D eigenvalue weighted by atomic mass is 32.1. The topological polar surface area (TPSA) is 55.1 Å². The summed E-state index contributed by atoms with van der Waals surface area (Å²) in [6.07, 6.45) is 1.01. The molecule has 0 atom stereocenters. The quantitative estimate of drug-likeness (QED) is 0.720. The third kappa shape index (κ3) is 4.01. The first-order chi connectivity index (χ1) is 7.02. The molecule has 1 aromatic rings. The number of rotatable bonds is 6. The number of primary amides is 1. The van der Waals surface area contributed by atoms with Gasteiger partial charge in [-0.1, -0.05) is 6.07 Å². The Hall–Kier alpha value is -0.870. The van der Waals surface area contributed by atoms with E-state index in [1.54, 1.807) is 11.3 Å². The third-order valence-electron chi connectivity index (χ3n) is 2.36. The van der Waals surface area contributed by atoms with Crippen molar-refractivity contribution in [2.24, 2.45) is 11.1 Å². The summed E-state index contributed by atoms with van der Waals surface area (Å²) in [4.78, 5) is 12.4. The highest BCUT2D eigenvalue weighted by Gasteiger charge is 2.23. The number of amides is 1. The monoisotopic (exact) mass is 226 g/mol. The summed E-state index contributed by atoms with van der Waals surface area (Å²) >= 11 is 1.76. The van der Waals surface area contributed by atoms with Crippen molar-refractivity contribution in [3.8, 4) is 0 Å². The van der Waals surface area contributed by atoms with Gasteiger partial charge in [-0.3, -0.25) is 4.79 Å². The highest BCUT2D eigenvalue weighted by molar-refractivity contribution is 7.09. The van der Waals surface area contributed by atoms with Gasteiger partial charge < -0.3 is 11.1 Å². The van der Waals surface area contributed by atoms with E-state index in [0.717, 1.165) is 13.0 Å². The number of carbonyl (C=O) groups is 1. The maximum Gasteiger partial charge on any atom is 0.224 e. The zero-order chi connectivity index (χ0) is 11.3. The van der Waals surface area contributed by atoms with E-state index in [0.29, 0.717) is 6.54 Å². The lowest BCUT2D eigenvalue weighted by molar-refractivity contribution is -0.125. The Bertz CT molecular complexity index is 306. The maximum absolute atomic E-state index is 11.0. The van der Waals surface area contributed by atoms with Crippen LogP contribution in [0.2, 0.25) is 0 Å². The average Bonchev–Trinajstić information content (AvgIpc) is 2.64. The van der Waals surface area contributed by atoms with Crippen molar-refractivity contribution in [3.63, 3.8) is 0 Å². The van der Waals surface area contributed by atoms with Crippen LogP contribution in [-0.2, 0) is 11.2 Å². The predicted octanol–water partition coefficient (Wildman–Crippen LogP) is 1.39. The van der Waals surface area contributed by atoms with Crippen LogP contribution >= 0.6 is 11.3 Å². The minimum atomic E-state index is -0.463. The van der Waals surface area contributed by atoms with Crippen LogP contribution < -0.4 is 11.1 Å². The molecule has 0 aromatic carbocycles. The normalized spacial score (nSPS) is 11.6. The van der Waals surface area contributed by atoms with Crippen molar-refractivity contribution in [1.82, 2.24) is 5.32 Å². The van der Waals surface area contributed by atoms with Gasteiger partial charge in [-0.05, 0) is 38.3 Å². The molecule has 0 radical (unpaired) electrons. The van der Waals surface area contributed by atoms with E-state index >= 15 is 0 Å². The molecule has 1 amide bonds. The molecular formula is C11H18N2OS. The van der Waals surface area contributed by atoms with E-state index in [9.17, 15) is 4.79 Å². The van der Waals surface area contributed by atoms with E-state index < -0.39 is 5.41 Å². The number of thiophene rings is 1. The minimum absolute atomic E-state index is 0.258. The Morgan fingerprint density at radius 2 is 2.33 bits per heavy atom. The summed E-state index contributed by atoms with van der Waals surface area (Å²) in [5.41, 5.74) is 4.81. The largest absolute Gasteiger partial charge is 0.369 e. The lowest BCUT2D eigenvalue weighted by Crippen LogP contribution is -2.40. The second-order valence-electron chi connectivity index (χ2n) is 4.25. The van der Waals surface area contributed by atoms with Gasteiger partial charge in [-0.25, -0.2) is 0 Å². The average molecular weight is 226 g/mol. The van der Waals surface area contributed by atoms with Gasteiger partial charge in [0.1, 0.15) is 0 Å². The fraction of sp³-hybridized carbons (Fsp3) is 0.545. The molecule has 15 heavy (non-hydrogen) atoms. The summed E-state index contributed by atoms with van der Waals surface area (Å²) in [5, 5.41) is 5.32. The van der Waals surface area contributed by atoms with Crippen molar-refractivity contribution in [1.29, 1.82) is 0 Å². The molecule has 3 N–H and O–H groups in total. The van der Waals surface area contributed by atoms with Crippen LogP contribution in [-0.4, -0.2) is 19.0 Å². The standard InChI is InChI=1S/C11H18N2OS/c1-11(2,10(12)14)8-13-6-5-9-4-3-7-15-9/h3-4,7,13H,5-6,8H2,1-2H3,(H2,12,14). The molecule has 1 heterocycles. The molecule has 0 aliphatic heterocycles. The lowest BCUT2D eigenvalue weighted by atomic mass is 9.93. The van der Waals surface area contributed by atoms with Crippen LogP contribution in [0.3, 0.4) is 0 Å². The fourth-order valence-corrected chi connectivity index (χ4v) is 1.86. The van der Waals surface area contributed by atoms with Crippen LogP contribution in [0.25, 0.3) is 0 Å². The Balaban J connectivity index is 2.19. The summed E-state index contributed by atoms with van der Waals surface area (Å²) < 4.78 is 0. The van der Waals surface area contributed by atoms with Crippen molar-refractivity contribution < 1.29 is 4.79 Å². The zero-order valence-corrected chi connectivity index (χ0v) is 10.1. The van der Waals surface area contributed by atoms with Crippen LogP contribution in [0.1, 0.15) is 18.7 Å². The van der Waals surface area contributed by atoms with Gasteiger partial charge in [0.2, 0.25) is 5.91 Å². The van der Waals surface area contributed by atoms with Gasteiger partial charge in [-0.2, -0.15) is 0 Å². The summed E-state index contributed by atoms with van der Waals surface area (Å²) in [5.74, 6) is -0.258. The fourth-order valence-electron chi connectivity index (χ4n) is 1.15. The first-order valence-electron chi connectivity index (χ1n) is 5.05. The van der Waals surface area contributed by atoms with Crippen LogP contribution in [0.4, 0.5) is 0 Å². The first-order valence-corrected chi connectivity index (χ1v) is 5.93. The smallest absolute Gasteiger partial charge is 0.224 e. The minimum Gasteiger partial charge on any atom is -0.369 e. The molecule has 0 aliphatic carbocycles. The van der Waals surface area contributed by atoms with Crippen molar-refractivity contribution in [2.75, 3.05) is 13.1 Å². The van der Waals surface area contributed by atoms with Crippen LogP contribution in [0.5, 0.6) is 0 Å². The molecule has 0 fully saturated rings. The van der Waals surface area contributed by atoms with Crippen LogP contribution in [0, 0.1) is 5.41 Å². The summed E-state index contributed by atoms with van der Waals surface area (Å²) in [6, 6.07) is 4.17. The van der Waals surface area contributed by atoms with Gasteiger partial charge in [-0.15, -0.1) is 11.3 Å². The van der Waals surface area contributed by atoms with Gasteiger partial charge in [0, 0.05) is 11.4 Å². The number of nitrogens with one attached hydrogen (secondary N) is 1. The lowest BCUT2D eigenvalue weighted by Gasteiger charge is -2.20. The van der Waals surface area contributed by atoms with E-state index in [-0.39, 0.29) is 5.91 Å². The molecule has 4 heteroatoms. The number of nitrogens with two attached hydrogens (primary N) is 1. The molecule has 0 aliphatic rings. The molecule has 84 valence electrons. The van der Waals surface area contributed by atoms with Gasteiger partial charge in [0.25, 0.3) is 0 Å². The highest BCUT2D eigenvalue weighted by Crippen LogP contribution is 2.12. The van der Waals surface area contributed by atoms with Gasteiger partial charge in [0.15, 0.2) is 0 Å². The first kappa shape index (κ1) is 12.2. The number of carbonyl (C=O) groups excluding carboxylic acids is 1. The Morgan fingerprint density at radius 3 is 2.87 bits per heavy atom. The van der Waals surface area contributed by atoms with E-state index in [2.05, 4.69) is 16.8 Å². The van der Waals surface area contributed by atoms with Crippen molar-refractivity contribution >= 4 is 17.2 Å². The molecule has 0 saturated heterocycles. The van der Waals surface area contributed by atoms with Gasteiger partial charge >= 0.3 is 0 Å². The molecule has 0 unspecified atom stereocenters. The molecule has 0 spiro atoms. The second-order valence-corrected chi connectivity index (χ2v) is 5.29. The molecular weight excluding hydrogens is 208 g/mol. The van der Waals surface area contributed by atoms with Crippen molar-refractivity contribution in [2.45, 2.75) is 20.3 Å². The third-order valence-corrected chi connectivity index (χ3v) is 3.30. The SMILES string of the molecule is CC(C)(CNCCc1cccs1)C(N)=O. The molecule has 3 nitrogen and oxygen atoms in total. The Morgan fingerprint density at radius 1 is 1.60 bits per heavy atom. The Kier molecular flexibility index (Phi) is 4.29. The van der Waals surface area contributed by atoms with Gasteiger partial charge in [0.05, 0.1) is 5.41 Å². The van der Waals surface area contributed by atoms with Crippen LogP contribution in [0.15, 0.2) is 17.5 Å². The van der Waals surface area contributed by atoms with E-state index in [1.807, 2.05) is 19.9 Å².